The summed E-state index contributed by atoms with van der Waals surface area (Å²) in [5.74, 6) is 1.31. The van der Waals surface area contributed by atoms with E-state index in [4.69, 9.17) is 10.7 Å². The Kier molecular flexibility index (Phi) is 7.52. The third-order valence-electron chi connectivity index (χ3n) is 6.20. The van der Waals surface area contributed by atoms with E-state index in [1.807, 2.05) is 12.1 Å². The Morgan fingerprint density at radius 1 is 1.11 bits per heavy atom. The van der Waals surface area contributed by atoms with Gasteiger partial charge in [-0.25, -0.2) is 9.67 Å². The van der Waals surface area contributed by atoms with Gasteiger partial charge in [-0.3, -0.25) is 9.89 Å². The monoisotopic (exact) mass is 489 g/mol. The first-order valence-corrected chi connectivity index (χ1v) is 12.8. The molecular formula is C27H35N7S. The summed E-state index contributed by atoms with van der Waals surface area (Å²) < 4.78 is 1.80. The minimum Gasteiger partial charge on any atom is -0.391 e. The molecule has 0 aliphatic carbocycles. The second-order valence-corrected chi connectivity index (χ2v) is 11.0. The van der Waals surface area contributed by atoms with Gasteiger partial charge in [0.05, 0.1) is 34.0 Å². The average molecular weight is 490 g/mol. The fourth-order valence-corrected chi connectivity index (χ4v) is 4.84. The number of nitrogen functional groups attached to an aromatic ring is 1. The largest absolute Gasteiger partial charge is 0.391 e. The van der Waals surface area contributed by atoms with Crippen molar-refractivity contribution in [2.75, 3.05) is 25.5 Å². The van der Waals surface area contributed by atoms with E-state index in [0.29, 0.717) is 18.3 Å². The third kappa shape index (κ3) is 5.89. The van der Waals surface area contributed by atoms with Crippen LogP contribution in [0.25, 0.3) is 11.4 Å². The highest BCUT2D eigenvalue weighted by molar-refractivity contribution is 7.16. The fraction of sp³-hybridized carbons (Fsp3) is 0.370. The zero-order chi connectivity index (χ0) is 25.0. The molecule has 0 unspecified atom stereocenters. The molecule has 0 radical (unpaired) electrons. The van der Waals surface area contributed by atoms with E-state index in [1.54, 1.807) is 10.9 Å². The van der Waals surface area contributed by atoms with Gasteiger partial charge in [0.2, 0.25) is 0 Å². The quantitative estimate of drug-likeness (QED) is 0.334. The maximum absolute atomic E-state index is 5.94. The van der Waals surface area contributed by atoms with E-state index in [1.165, 1.54) is 36.2 Å². The standard InChI is InChI=1S/C27H35N7S/c1-19(23-13-14-24(28)35-23)32-25(30-18-33-15-7-6-8-16-33)22-17-31-34(26(22)29-5)21-11-9-20(10-12-21)27(2,3)4/h9-14,17H,1,5-8,15-16,18,28H2,2-4H3,(H,30,32). The van der Waals surface area contributed by atoms with Crippen molar-refractivity contribution in [3.8, 4) is 5.69 Å². The molecule has 0 spiro atoms. The highest BCUT2D eigenvalue weighted by Gasteiger charge is 2.20. The summed E-state index contributed by atoms with van der Waals surface area (Å²) in [5.41, 5.74) is 9.73. The Labute approximate surface area is 212 Å². The molecule has 4 rings (SSSR count). The number of rotatable bonds is 7. The number of aliphatic imine (C=N–C) groups is 2. The number of nitrogens with one attached hydrogen (secondary N) is 1. The van der Waals surface area contributed by atoms with Crippen LogP contribution in [0.2, 0.25) is 0 Å². The Morgan fingerprint density at radius 3 is 2.43 bits per heavy atom. The molecule has 3 heterocycles. The first kappa shape index (κ1) is 24.9. The number of thiophene rings is 1. The van der Waals surface area contributed by atoms with Crippen LogP contribution in [0.1, 0.15) is 56.0 Å². The van der Waals surface area contributed by atoms with Crippen molar-refractivity contribution in [1.82, 2.24) is 20.0 Å². The normalized spacial score (nSPS) is 15.2. The summed E-state index contributed by atoms with van der Waals surface area (Å²) in [6.07, 6.45) is 5.50. The summed E-state index contributed by atoms with van der Waals surface area (Å²) in [6, 6.07) is 12.2. The van der Waals surface area contributed by atoms with Crippen LogP contribution in [0.5, 0.6) is 0 Å². The lowest BCUT2D eigenvalue weighted by Gasteiger charge is -2.25. The van der Waals surface area contributed by atoms with E-state index >= 15 is 0 Å². The Morgan fingerprint density at radius 2 is 1.83 bits per heavy atom. The van der Waals surface area contributed by atoms with Gasteiger partial charge in [-0.1, -0.05) is 45.9 Å². The molecule has 0 bridgehead atoms. The van der Waals surface area contributed by atoms with Gasteiger partial charge >= 0.3 is 0 Å². The van der Waals surface area contributed by atoms with E-state index in [0.717, 1.165) is 39.9 Å². The number of hydrogen-bond acceptors (Lipinski definition) is 6. The molecule has 1 aromatic carbocycles. The summed E-state index contributed by atoms with van der Waals surface area (Å²) in [6.45, 7) is 17.4. The van der Waals surface area contributed by atoms with Crippen LogP contribution in [0, 0.1) is 0 Å². The lowest BCUT2D eigenvalue weighted by atomic mass is 9.87. The number of likely N-dealkylation sites (tertiary alicyclic amines) is 1. The van der Waals surface area contributed by atoms with Gasteiger partial charge in [-0.15, -0.1) is 11.3 Å². The molecular weight excluding hydrogens is 454 g/mol. The molecule has 2 aromatic heterocycles. The molecule has 1 aliphatic heterocycles. The highest BCUT2D eigenvalue weighted by atomic mass is 32.1. The second-order valence-electron chi connectivity index (χ2n) is 9.88. The van der Waals surface area contributed by atoms with Gasteiger partial charge in [0, 0.05) is 5.70 Å². The van der Waals surface area contributed by atoms with Crippen molar-refractivity contribution in [2.45, 2.75) is 45.4 Å². The summed E-state index contributed by atoms with van der Waals surface area (Å²) in [7, 11) is 0. The minimum absolute atomic E-state index is 0.0804. The number of piperidine rings is 1. The SMILES string of the molecule is C=Nc1c(/C(=N\CN2CCCCC2)NC(=C)c2ccc(N)s2)cnn1-c1ccc(C(C)(C)C)cc1. The maximum atomic E-state index is 5.94. The molecule has 1 saturated heterocycles. The Balaban J connectivity index is 1.67. The highest BCUT2D eigenvalue weighted by Crippen LogP contribution is 2.28. The molecule has 184 valence electrons. The number of amidine groups is 1. The summed E-state index contributed by atoms with van der Waals surface area (Å²) in [4.78, 5) is 12.6. The number of nitrogens with zero attached hydrogens (tertiary/aromatic N) is 5. The second kappa shape index (κ2) is 10.6. The van der Waals surface area contributed by atoms with Crippen molar-refractivity contribution in [2.24, 2.45) is 9.98 Å². The van der Waals surface area contributed by atoms with Crippen molar-refractivity contribution >= 4 is 40.4 Å². The van der Waals surface area contributed by atoms with Gasteiger partial charge < -0.3 is 11.1 Å². The zero-order valence-electron chi connectivity index (χ0n) is 20.9. The molecule has 8 heteroatoms. The fourth-order valence-electron chi connectivity index (χ4n) is 4.14. The van der Waals surface area contributed by atoms with E-state index in [9.17, 15) is 0 Å². The van der Waals surface area contributed by atoms with Crippen molar-refractivity contribution in [1.29, 1.82) is 0 Å². The number of hydrogen-bond donors (Lipinski definition) is 2. The van der Waals surface area contributed by atoms with Gasteiger partial charge in [0.25, 0.3) is 0 Å². The predicted octanol–water partition coefficient (Wildman–Crippen LogP) is 5.60. The lowest BCUT2D eigenvalue weighted by molar-refractivity contribution is 0.236. The molecule has 0 saturated carbocycles. The molecule has 35 heavy (non-hydrogen) atoms. The zero-order valence-corrected chi connectivity index (χ0v) is 21.7. The van der Waals surface area contributed by atoms with Gasteiger partial charge in [-0.05, 0) is 67.9 Å². The van der Waals surface area contributed by atoms with Crippen LogP contribution in [0.4, 0.5) is 10.8 Å². The molecule has 1 fully saturated rings. The van der Waals surface area contributed by atoms with Crippen LogP contribution < -0.4 is 11.1 Å². The van der Waals surface area contributed by atoms with E-state index in [2.05, 4.69) is 78.6 Å². The smallest absolute Gasteiger partial charge is 0.166 e. The number of aromatic nitrogens is 2. The van der Waals surface area contributed by atoms with Crippen molar-refractivity contribution < 1.29 is 0 Å². The first-order valence-electron chi connectivity index (χ1n) is 12.0. The average Bonchev–Trinajstić information content (AvgIpc) is 3.48. The Bertz CT molecular complexity index is 1210. The molecule has 7 nitrogen and oxygen atoms in total. The Hall–Kier alpha value is -3.23. The maximum Gasteiger partial charge on any atom is 0.166 e. The van der Waals surface area contributed by atoms with Crippen LogP contribution in [-0.4, -0.2) is 47.0 Å². The summed E-state index contributed by atoms with van der Waals surface area (Å²) >= 11 is 1.49. The third-order valence-corrected chi connectivity index (χ3v) is 7.17. The van der Waals surface area contributed by atoms with E-state index < -0.39 is 0 Å². The van der Waals surface area contributed by atoms with Gasteiger partial charge in [0.15, 0.2) is 5.82 Å². The number of benzene rings is 1. The van der Waals surface area contributed by atoms with Crippen LogP contribution in [0.3, 0.4) is 0 Å². The predicted molar refractivity (Wildman–Crippen MR) is 149 cm³/mol. The minimum atomic E-state index is 0.0804. The van der Waals surface area contributed by atoms with Gasteiger partial charge in [0.1, 0.15) is 5.84 Å². The van der Waals surface area contributed by atoms with Crippen molar-refractivity contribution in [3.63, 3.8) is 0 Å². The van der Waals surface area contributed by atoms with Gasteiger partial charge in [-0.2, -0.15) is 5.10 Å². The number of nitrogens with two attached hydrogens (primary N) is 1. The lowest BCUT2D eigenvalue weighted by Crippen LogP contribution is -2.32. The van der Waals surface area contributed by atoms with Crippen LogP contribution in [-0.2, 0) is 5.41 Å². The van der Waals surface area contributed by atoms with E-state index in [-0.39, 0.29) is 5.41 Å². The van der Waals surface area contributed by atoms with Crippen LogP contribution in [0.15, 0.2) is 59.2 Å². The van der Waals surface area contributed by atoms with Crippen LogP contribution >= 0.6 is 11.3 Å². The first-order chi connectivity index (χ1) is 16.8. The molecule has 1 aliphatic rings. The molecule has 0 atom stereocenters. The molecule has 0 amide bonds. The molecule has 3 N–H and O–H groups in total. The number of anilines is 1. The van der Waals surface area contributed by atoms with Crippen molar-refractivity contribution in [3.05, 3.63) is 65.2 Å². The summed E-state index contributed by atoms with van der Waals surface area (Å²) in [5, 5.41) is 8.81. The molecule has 3 aromatic rings. The topological polar surface area (TPSA) is 83.8 Å².